The molecule has 4 rings (SSSR count). The molecule has 1 aliphatic rings. The second-order valence-corrected chi connectivity index (χ2v) is 8.47. The number of fused-ring (bicyclic) bond motifs is 1. The van der Waals surface area contributed by atoms with Gasteiger partial charge in [0.05, 0.1) is 5.69 Å². The summed E-state index contributed by atoms with van der Waals surface area (Å²) in [6.45, 7) is 0. The van der Waals surface area contributed by atoms with E-state index in [2.05, 4.69) is 5.32 Å². The number of amides is 1. The number of anilines is 2. The fourth-order valence-electron chi connectivity index (χ4n) is 3.13. The minimum Gasteiger partial charge on any atom is -0.506 e. The zero-order chi connectivity index (χ0) is 21.3. The zero-order valence-corrected chi connectivity index (χ0v) is 16.8. The summed E-state index contributed by atoms with van der Waals surface area (Å²) in [5.41, 5.74) is 0.886. The Morgan fingerprint density at radius 3 is 2.37 bits per heavy atom. The first-order valence-electron chi connectivity index (χ1n) is 9.04. The average Bonchev–Trinajstić information content (AvgIpc) is 2.73. The normalized spacial score (nSPS) is 14.8. The van der Waals surface area contributed by atoms with Gasteiger partial charge in [-0.15, -0.1) is 0 Å². The molecule has 1 heterocycles. The predicted molar refractivity (Wildman–Crippen MR) is 115 cm³/mol. The Kier molecular flexibility index (Phi) is 4.93. The maximum Gasteiger partial charge on any atom is 0.273 e. The largest absolute Gasteiger partial charge is 0.506 e. The molecule has 3 aromatic rings. The number of hydrogen-bond acceptors (Lipinski definition) is 5. The summed E-state index contributed by atoms with van der Waals surface area (Å²) in [5, 5.41) is 13.1. The van der Waals surface area contributed by atoms with E-state index in [1.807, 2.05) is 18.2 Å². The van der Waals surface area contributed by atoms with Crippen LogP contribution in [0.2, 0.25) is 0 Å². The van der Waals surface area contributed by atoms with Crippen molar-refractivity contribution >= 4 is 33.1 Å². The molecule has 0 atom stereocenters. The number of carbonyl (C=O) groups excluding carboxylic acids is 1. The maximum atomic E-state index is 12.8. The van der Waals surface area contributed by atoms with Gasteiger partial charge >= 0.3 is 0 Å². The van der Waals surface area contributed by atoms with Gasteiger partial charge in [-0.2, -0.15) is 0 Å². The lowest BCUT2D eigenvalue weighted by Gasteiger charge is -2.28. The second kappa shape index (κ2) is 7.57. The lowest BCUT2D eigenvalue weighted by molar-refractivity contribution is -0.112. The van der Waals surface area contributed by atoms with Crippen LogP contribution in [0.4, 0.5) is 11.4 Å². The molecule has 1 aliphatic heterocycles. The summed E-state index contributed by atoms with van der Waals surface area (Å²) in [6.07, 6.45) is 0. The van der Waals surface area contributed by atoms with Gasteiger partial charge in [-0.1, -0.05) is 36.4 Å². The van der Waals surface area contributed by atoms with Crippen molar-refractivity contribution in [3.8, 4) is 11.5 Å². The van der Waals surface area contributed by atoms with E-state index in [0.29, 0.717) is 22.9 Å². The third kappa shape index (κ3) is 3.48. The lowest BCUT2D eigenvalue weighted by Crippen LogP contribution is -2.37. The Morgan fingerprint density at radius 1 is 0.933 bits per heavy atom. The van der Waals surface area contributed by atoms with Crippen LogP contribution >= 0.6 is 0 Å². The van der Waals surface area contributed by atoms with Crippen molar-refractivity contribution in [2.75, 3.05) is 16.7 Å². The van der Waals surface area contributed by atoms with Crippen molar-refractivity contribution in [2.24, 2.45) is 0 Å². The highest BCUT2D eigenvalue weighted by atomic mass is 32.2. The molecule has 0 saturated heterocycles. The quantitative estimate of drug-likeness (QED) is 0.659. The molecule has 8 heteroatoms. The minimum absolute atomic E-state index is 0.265. The van der Waals surface area contributed by atoms with Crippen molar-refractivity contribution in [1.82, 2.24) is 0 Å². The first kappa shape index (κ1) is 19.5. The fourth-order valence-corrected chi connectivity index (χ4v) is 4.47. The molecular weight excluding hydrogens is 404 g/mol. The second-order valence-electron chi connectivity index (χ2n) is 6.56. The first-order valence-corrected chi connectivity index (χ1v) is 10.5. The van der Waals surface area contributed by atoms with Crippen LogP contribution in [0.5, 0.6) is 11.5 Å². The monoisotopic (exact) mass is 422 g/mol. The molecule has 0 aromatic heterocycles. The van der Waals surface area contributed by atoms with E-state index in [1.54, 1.807) is 60.7 Å². The highest BCUT2D eigenvalue weighted by Crippen LogP contribution is 2.37. The van der Waals surface area contributed by atoms with Crippen LogP contribution in [0.15, 0.2) is 83.8 Å². The van der Waals surface area contributed by atoms with E-state index < -0.39 is 26.6 Å². The molecule has 3 aromatic carbocycles. The van der Waals surface area contributed by atoms with E-state index in [-0.39, 0.29) is 5.56 Å². The summed E-state index contributed by atoms with van der Waals surface area (Å²) in [4.78, 5) is 12.1. The van der Waals surface area contributed by atoms with Gasteiger partial charge in [0.2, 0.25) is 0 Å². The predicted octanol–water partition coefficient (Wildman–Crippen LogP) is 4.12. The molecule has 0 radical (unpaired) electrons. The van der Waals surface area contributed by atoms with Crippen LogP contribution in [-0.2, 0) is 14.8 Å². The number of aliphatic hydroxyl groups is 1. The summed E-state index contributed by atoms with van der Waals surface area (Å²) in [7, 11) is -2.89. The number of aliphatic hydroxyl groups excluding tert-OH is 1. The van der Waals surface area contributed by atoms with Gasteiger partial charge in [-0.25, -0.2) is 8.42 Å². The van der Waals surface area contributed by atoms with E-state index in [9.17, 15) is 18.3 Å². The van der Waals surface area contributed by atoms with Crippen molar-refractivity contribution in [3.63, 3.8) is 0 Å². The summed E-state index contributed by atoms with van der Waals surface area (Å²) in [5.74, 6) is -0.441. The van der Waals surface area contributed by atoms with Crippen LogP contribution in [-0.4, -0.2) is 26.5 Å². The highest BCUT2D eigenvalue weighted by Gasteiger charge is 2.39. The Labute approximate surface area is 173 Å². The van der Waals surface area contributed by atoms with Gasteiger partial charge < -0.3 is 15.2 Å². The van der Waals surface area contributed by atoms with Gasteiger partial charge in [0.1, 0.15) is 11.5 Å². The number of carbonyl (C=O) groups is 1. The molecule has 2 N–H and O–H groups in total. The standard InChI is InChI=1S/C22H18N2O5S/c1-24-19-13-6-5-12-18(19)20(25)21(30(24,27)28)22(26)23-15-8-7-11-17(14-15)29-16-9-3-2-4-10-16/h2-14,25H,1H3,(H,23,26). The molecule has 0 bridgehead atoms. The van der Waals surface area contributed by atoms with Crippen molar-refractivity contribution in [3.05, 3.63) is 89.3 Å². The SMILES string of the molecule is CN1c2ccccc2C(O)=C(C(=O)Nc2cccc(Oc3ccccc3)c2)S1(=O)=O. The third-order valence-corrected chi connectivity index (χ3v) is 6.42. The summed E-state index contributed by atoms with van der Waals surface area (Å²) < 4.78 is 32.4. The van der Waals surface area contributed by atoms with Crippen LogP contribution in [0.25, 0.3) is 5.76 Å². The molecule has 0 aliphatic carbocycles. The Morgan fingerprint density at radius 2 is 1.60 bits per heavy atom. The number of nitrogens with zero attached hydrogens (tertiary/aromatic N) is 1. The number of rotatable bonds is 4. The van der Waals surface area contributed by atoms with Gasteiger partial charge in [0.25, 0.3) is 15.9 Å². The molecule has 0 unspecified atom stereocenters. The molecular formula is C22H18N2O5S. The Balaban J connectivity index is 1.65. The van der Waals surface area contributed by atoms with Crippen LogP contribution in [0.1, 0.15) is 5.56 Å². The van der Waals surface area contributed by atoms with E-state index in [0.717, 1.165) is 4.31 Å². The molecule has 7 nitrogen and oxygen atoms in total. The Bertz CT molecular complexity index is 1250. The number of ether oxygens (including phenoxy) is 1. The fraction of sp³-hybridized carbons (Fsp3) is 0.0455. The first-order chi connectivity index (χ1) is 14.4. The van der Waals surface area contributed by atoms with Crippen LogP contribution in [0, 0.1) is 0 Å². The summed E-state index contributed by atoms with van der Waals surface area (Å²) >= 11 is 0. The van der Waals surface area contributed by atoms with Crippen molar-refractivity contribution in [2.45, 2.75) is 0 Å². The number of hydrogen-bond donors (Lipinski definition) is 2. The smallest absolute Gasteiger partial charge is 0.273 e. The van der Waals surface area contributed by atoms with E-state index in [1.165, 1.54) is 7.05 Å². The minimum atomic E-state index is -4.22. The molecule has 30 heavy (non-hydrogen) atoms. The highest BCUT2D eigenvalue weighted by molar-refractivity contribution is 7.97. The van der Waals surface area contributed by atoms with Crippen molar-refractivity contribution < 1.29 is 23.1 Å². The van der Waals surface area contributed by atoms with Crippen molar-refractivity contribution in [1.29, 1.82) is 0 Å². The molecule has 1 amide bonds. The van der Waals surface area contributed by atoms with Gasteiger partial charge in [0.15, 0.2) is 10.7 Å². The molecule has 0 fully saturated rings. The molecule has 152 valence electrons. The Hall–Kier alpha value is -3.78. The number of nitrogens with one attached hydrogen (secondary N) is 1. The molecule has 0 saturated carbocycles. The van der Waals surface area contributed by atoms with Gasteiger partial charge in [-0.3, -0.25) is 9.10 Å². The number of benzene rings is 3. The van der Waals surface area contributed by atoms with E-state index in [4.69, 9.17) is 4.74 Å². The lowest BCUT2D eigenvalue weighted by atomic mass is 10.1. The van der Waals surface area contributed by atoms with Crippen LogP contribution < -0.4 is 14.4 Å². The third-order valence-electron chi connectivity index (χ3n) is 4.61. The topological polar surface area (TPSA) is 95.9 Å². The molecule has 0 spiro atoms. The van der Waals surface area contributed by atoms with Gasteiger partial charge in [-0.05, 0) is 36.4 Å². The average molecular weight is 422 g/mol. The zero-order valence-electron chi connectivity index (χ0n) is 15.9. The maximum absolute atomic E-state index is 12.8. The number of para-hydroxylation sites is 2. The van der Waals surface area contributed by atoms with Crippen LogP contribution in [0.3, 0.4) is 0 Å². The van der Waals surface area contributed by atoms with Gasteiger partial charge in [0, 0.05) is 24.4 Å². The number of sulfonamides is 1. The van der Waals surface area contributed by atoms with E-state index >= 15 is 0 Å². The summed E-state index contributed by atoms with van der Waals surface area (Å²) in [6, 6.07) is 22.1.